The van der Waals surface area contributed by atoms with Crippen molar-refractivity contribution in [1.82, 2.24) is 9.55 Å². The Morgan fingerprint density at radius 3 is 2.75 bits per heavy atom. The van der Waals surface area contributed by atoms with E-state index in [9.17, 15) is 14.0 Å². The van der Waals surface area contributed by atoms with Crippen LogP contribution in [-0.4, -0.2) is 15.5 Å². The van der Waals surface area contributed by atoms with E-state index in [1.54, 1.807) is 29.7 Å². The van der Waals surface area contributed by atoms with Crippen molar-refractivity contribution < 1.29 is 9.18 Å². The SMILES string of the molecule is Cc1ccc(NC(=O)CCCCCn2c(=S)[nH]c3ccccc3c2=O)cc1F. The number of nitrogens with zero attached hydrogens (tertiary/aromatic N) is 1. The van der Waals surface area contributed by atoms with Crippen molar-refractivity contribution in [2.45, 2.75) is 39.2 Å². The highest BCUT2D eigenvalue weighted by Crippen LogP contribution is 2.14. The van der Waals surface area contributed by atoms with Crippen LogP contribution < -0.4 is 10.9 Å². The van der Waals surface area contributed by atoms with E-state index in [1.165, 1.54) is 6.07 Å². The van der Waals surface area contributed by atoms with Crippen LogP contribution >= 0.6 is 12.2 Å². The Morgan fingerprint density at radius 2 is 1.96 bits per heavy atom. The third kappa shape index (κ3) is 4.72. The Bertz CT molecular complexity index is 1120. The minimum atomic E-state index is -0.338. The molecule has 1 aromatic heterocycles. The molecule has 0 aliphatic rings. The van der Waals surface area contributed by atoms with Gasteiger partial charge in [-0.1, -0.05) is 24.6 Å². The number of nitrogens with one attached hydrogen (secondary N) is 2. The molecule has 0 saturated heterocycles. The Kier molecular flexibility index (Phi) is 6.36. The molecule has 0 unspecified atom stereocenters. The van der Waals surface area contributed by atoms with E-state index >= 15 is 0 Å². The van der Waals surface area contributed by atoms with Crippen LogP contribution in [0.25, 0.3) is 10.9 Å². The molecule has 0 radical (unpaired) electrons. The van der Waals surface area contributed by atoms with Gasteiger partial charge in [0.2, 0.25) is 5.91 Å². The van der Waals surface area contributed by atoms with E-state index in [4.69, 9.17) is 12.2 Å². The van der Waals surface area contributed by atoms with Gasteiger partial charge < -0.3 is 10.3 Å². The van der Waals surface area contributed by atoms with Crippen molar-refractivity contribution in [3.63, 3.8) is 0 Å². The quantitative estimate of drug-likeness (QED) is 0.447. The molecule has 146 valence electrons. The zero-order chi connectivity index (χ0) is 20.1. The predicted octanol–water partition coefficient (Wildman–Crippen LogP) is 4.71. The van der Waals surface area contributed by atoms with Crippen molar-refractivity contribution in [2.24, 2.45) is 0 Å². The van der Waals surface area contributed by atoms with E-state index in [-0.39, 0.29) is 17.3 Å². The number of aryl methyl sites for hydroxylation is 1. The average Bonchev–Trinajstić information content (AvgIpc) is 2.67. The van der Waals surface area contributed by atoms with E-state index in [1.807, 2.05) is 18.2 Å². The standard InChI is InChI=1S/C21H22FN3O2S/c1-14-10-11-15(13-17(14)22)23-19(26)9-3-2-6-12-25-20(27)16-7-4-5-8-18(16)24-21(25)28/h4-5,7-8,10-11,13H,2-3,6,9,12H2,1H3,(H,23,26)(H,24,28). The number of halogens is 1. The van der Waals surface area contributed by atoms with Crippen LogP contribution in [0.2, 0.25) is 0 Å². The number of benzene rings is 2. The molecule has 0 saturated carbocycles. The van der Waals surface area contributed by atoms with Gasteiger partial charge in [-0.05, 0) is 61.8 Å². The molecule has 0 bridgehead atoms. The smallest absolute Gasteiger partial charge is 0.262 e. The normalized spacial score (nSPS) is 10.9. The fourth-order valence-electron chi connectivity index (χ4n) is 3.03. The highest BCUT2D eigenvalue weighted by atomic mass is 32.1. The van der Waals surface area contributed by atoms with Gasteiger partial charge in [0.1, 0.15) is 5.82 Å². The van der Waals surface area contributed by atoms with Gasteiger partial charge in [-0.2, -0.15) is 0 Å². The highest BCUT2D eigenvalue weighted by Gasteiger charge is 2.07. The van der Waals surface area contributed by atoms with Crippen molar-refractivity contribution in [3.05, 3.63) is 69.0 Å². The number of rotatable bonds is 7. The number of fused-ring (bicyclic) bond motifs is 1. The van der Waals surface area contributed by atoms with Gasteiger partial charge in [-0.3, -0.25) is 14.2 Å². The molecule has 0 atom stereocenters. The summed E-state index contributed by atoms with van der Waals surface area (Å²) in [4.78, 5) is 27.6. The third-order valence-corrected chi connectivity index (χ3v) is 4.95. The molecular weight excluding hydrogens is 377 g/mol. The number of amides is 1. The molecule has 28 heavy (non-hydrogen) atoms. The molecule has 1 heterocycles. The molecule has 3 aromatic rings. The van der Waals surface area contributed by atoms with Gasteiger partial charge in [-0.15, -0.1) is 0 Å². The molecule has 0 aliphatic heterocycles. The number of aromatic amines is 1. The summed E-state index contributed by atoms with van der Waals surface area (Å²) in [6.07, 6.45) is 2.54. The first-order chi connectivity index (χ1) is 13.5. The summed E-state index contributed by atoms with van der Waals surface area (Å²) in [7, 11) is 0. The molecule has 2 aromatic carbocycles. The number of hydrogen-bond donors (Lipinski definition) is 2. The number of carbonyl (C=O) groups is 1. The van der Waals surface area contributed by atoms with Gasteiger partial charge >= 0.3 is 0 Å². The van der Waals surface area contributed by atoms with E-state index in [0.717, 1.165) is 18.4 Å². The van der Waals surface area contributed by atoms with Gasteiger partial charge in [0.05, 0.1) is 10.9 Å². The van der Waals surface area contributed by atoms with Crippen molar-refractivity contribution in [1.29, 1.82) is 0 Å². The van der Waals surface area contributed by atoms with Crippen molar-refractivity contribution >= 4 is 34.7 Å². The second kappa shape index (κ2) is 8.93. The maximum Gasteiger partial charge on any atom is 0.262 e. The molecule has 5 nitrogen and oxygen atoms in total. The number of anilines is 1. The molecule has 2 N–H and O–H groups in total. The van der Waals surface area contributed by atoms with E-state index in [2.05, 4.69) is 10.3 Å². The van der Waals surface area contributed by atoms with Gasteiger partial charge in [0.15, 0.2) is 4.77 Å². The van der Waals surface area contributed by atoms with Gasteiger partial charge in [-0.25, -0.2) is 4.39 Å². The minimum absolute atomic E-state index is 0.0986. The molecule has 7 heteroatoms. The summed E-state index contributed by atoms with van der Waals surface area (Å²) in [5.41, 5.74) is 1.64. The maximum atomic E-state index is 13.5. The third-order valence-electron chi connectivity index (χ3n) is 4.63. The summed E-state index contributed by atoms with van der Waals surface area (Å²) in [5, 5.41) is 3.31. The Morgan fingerprint density at radius 1 is 1.18 bits per heavy atom. The van der Waals surface area contributed by atoms with Gasteiger partial charge in [0, 0.05) is 18.7 Å². The minimum Gasteiger partial charge on any atom is -0.332 e. The fraction of sp³-hybridized carbons (Fsp3) is 0.286. The lowest BCUT2D eigenvalue weighted by Crippen LogP contribution is -2.22. The predicted molar refractivity (Wildman–Crippen MR) is 112 cm³/mol. The van der Waals surface area contributed by atoms with E-state index in [0.29, 0.717) is 40.8 Å². The largest absolute Gasteiger partial charge is 0.332 e. The van der Waals surface area contributed by atoms with Crippen LogP contribution in [0.5, 0.6) is 0 Å². The number of unbranched alkanes of at least 4 members (excludes halogenated alkanes) is 2. The van der Waals surface area contributed by atoms with Crippen molar-refractivity contribution in [3.8, 4) is 0 Å². The van der Waals surface area contributed by atoms with Crippen LogP contribution in [-0.2, 0) is 11.3 Å². The lowest BCUT2D eigenvalue weighted by Gasteiger charge is -2.08. The summed E-state index contributed by atoms with van der Waals surface area (Å²) in [5.74, 6) is -0.487. The number of carbonyl (C=O) groups excluding carboxylic acids is 1. The average molecular weight is 399 g/mol. The fourth-order valence-corrected chi connectivity index (χ4v) is 3.31. The van der Waals surface area contributed by atoms with Crippen LogP contribution in [0, 0.1) is 17.5 Å². The number of H-pyrrole nitrogens is 1. The molecule has 1 amide bonds. The van der Waals surface area contributed by atoms with Crippen LogP contribution in [0.4, 0.5) is 10.1 Å². The van der Waals surface area contributed by atoms with Crippen LogP contribution in [0.1, 0.15) is 31.2 Å². The maximum absolute atomic E-state index is 13.5. The molecule has 3 rings (SSSR count). The first-order valence-corrected chi connectivity index (χ1v) is 9.64. The zero-order valence-corrected chi connectivity index (χ0v) is 16.4. The second-order valence-corrected chi connectivity index (χ2v) is 7.14. The van der Waals surface area contributed by atoms with E-state index < -0.39 is 0 Å². The first kappa shape index (κ1) is 19.9. The lowest BCUT2D eigenvalue weighted by atomic mass is 10.1. The summed E-state index contributed by atoms with van der Waals surface area (Å²) in [6, 6.07) is 11.9. The van der Waals surface area contributed by atoms with Gasteiger partial charge in [0.25, 0.3) is 5.56 Å². The Hall–Kier alpha value is -2.80. The molecular formula is C21H22FN3O2S. The molecule has 0 fully saturated rings. The summed E-state index contributed by atoms with van der Waals surface area (Å²) in [6.45, 7) is 2.18. The summed E-state index contributed by atoms with van der Waals surface area (Å²) < 4.78 is 15.5. The first-order valence-electron chi connectivity index (χ1n) is 9.23. The van der Waals surface area contributed by atoms with Crippen molar-refractivity contribution in [2.75, 3.05) is 5.32 Å². The molecule has 0 aliphatic carbocycles. The number of hydrogen-bond acceptors (Lipinski definition) is 3. The summed E-state index contributed by atoms with van der Waals surface area (Å²) >= 11 is 5.29. The van der Waals surface area contributed by atoms with Crippen LogP contribution in [0.15, 0.2) is 47.3 Å². The molecule has 0 spiro atoms. The lowest BCUT2D eigenvalue weighted by molar-refractivity contribution is -0.116. The Labute approximate surface area is 167 Å². The Balaban J connectivity index is 1.49. The van der Waals surface area contributed by atoms with Crippen LogP contribution in [0.3, 0.4) is 0 Å². The topological polar surface area (TPSA) is 66.9 Å². The second-order valence-electron chi connectivity index (χ2n) is 6.76. The number of para-hydroxylation sites is 1. The zero-order valence-electron chi connectivity index (χ0n) is 15.6. The monoisotopic (exact) mass is 399 g/mol. The highest BCUT2D eigenvalue weighted by molar-refractivity contribution is 7.71. The number of aromatic nitrogens is 2.